The molecule has 3 nitrogen and oxygen atoms in total. The number of nitrogens with zero attached hydrogens (tertiary/aromatic N) is 1. The summed E-state index contributed by atoms with van der Waals surface area (Å²) in [5.41, 5.74) is 0.844. The van der Waals surface area contributed by atoms with E-state index in [4.69, 9.17) is 0 Å². The summed E-state index contributed by atoms with van der Waals surface area (Å²) in [6, 6.07) is 3.37. The molecule has 3 atom stereocenters. The molecule has 1 aromatic heterocycles. The molecule has 0 amide bonds. The summed E-state index contributed by atoms with van der Waals surface area (Å²) >= 11 is 0. The normalized spacial score (nSPS) is 25.9. The van der Waals surface area contributed by atoms with Gasteiger partial charge in [-0.2, -0.15) is 0 Å². The van der Waals surface area contributed by atoms with Crippen molar-refractivity contribution in [3.8, 4) is 0 Å². The molecule has 1 aromatic rings. The Morgan fingerprint density at radius 3 is 2.83 bits per heavy atom. The molecule has 3 unspecified atom stereocenters. The van der Waals surface area contributed by atoms with Crippen molar-refractivity contribution in [3.05, 3.63) is 29.8 Å². The minimum Gasteiger partial charge on any atom is -0.392 e. The molecule has 4 heteroatoms. The van der Waals surface area contributed by atoms with Gasteiger partial charge >= 0.3 is 0 Å². The number of aromatic nitrogens is 1. The van der Waals surface area contributed by atoms with Gasteiger partial charge < -0.3 is 10.4 Å². The zero-order chi connectivity index (χ0) is 13.0. The van der Waals surface area contributed by atoms with Crippen molar-refractivity contribution in [1.29, 1.82) is 0 Å². The van der Waals surface area contributed by atoms with E-state index >= 15 is 0 Å². The Kier molecular flexibility index (Phi) is 4.66. The lowest BCUT2D eigenvalue weighted by molar-refractivity contribution is 0.0841. The topological polar surface area (TPSA) is 45.1 Å². The van der Waals surface area contributed by atoms with Gasteiger partial charge in [-0.15, -0.1) is 0 Å². The number of rotatable bonds is 4. The third-order valence-electron chi connectivity index (χ3n) is 3.66. The van der Waals surface area contributed by atoms with Crippen LogP contribution in [0.15, 0.2) is 18.3 Å². The highest BCUT2D eigenvalue weighted by molar-refractivity contribution is 5.10. The first-order valence-corrected chi connectivity index (χ1v) is 6.76. The fourth-order valence-corrected chi connectivity index (χ4v) is 2.57. The smallest absolute Gasteiger partial charge is 0.141 e. The Labute approximate surface area is 107 Å². The van der Waals surface area contributed by atoms with Crippen LogP contribution in [0.4, 0.5) is 4.39 Å². The molecule has 1 heterocycles. The van der Waals surface area contributed by atoms with Gasteiger partial charge in [0.1, 0.15) is 5.82 Å². The van der Waals surface area contributed by atoms with Gasteiger partial charge in [0, 0.05) is 12.1 Å². The largest absolute Gasteiger partial charge is 0.392 e. The van der Waals surface area contributed by atoms with Gasteiger partial charge in [0.05, 0.1) is 18.0 Å². The number of hydrogen-bond donors (Lipinski definition) is 2. The first-order valence-electron chi connectivity index (χ1n) is 6.76. The Balaban J connectivity index is 2.02. The van der Waals surface area contributed by atoms with E-state index in [-0.39, 0.29) is 24.0 Å². The van der Waals surface area contributed by atoms with Gasteiger partial charge in [0.25, 0.3) is 0 Å². The second-order valence-corrected chi connectivity index (χ2v) is 4.99. The maximum absolute atomic E-state index is 12.9. The number of nitrogens with one attached hydrogen (secondary N) is 1. The fourth-order valence-electron chi connectivity index (χ4n) is 2.57. The highest BCUT2D eigenvalue weighted by atomic mass is 19.1. The molecule has 0 radical (unpaired) electrons. The number of aliphatic hydroxyl groups excluding tert-OH is 1. The zero-order valence-electron chi connectivity index (χ0n) is 10.8. The summed E-state index contributed by atoms with van der Waals surface area (Å²) in [6.45, 7) is 2.07. The van der Waals surface area contributed by atoms with Crippen molar-refractivity contribution in [1.82, 2.24) is 10.3 Å². The van der Waals surface area contributed by atoms with Crippen LogP contribution in [0.5, 0.6) is 0 Å². The molecule has 0 aliphatic heterocycles. The van der Waals surface area contributed by atoms with Crippen molar-refractivity contribution in [2.75, 3.05) is 0 Å². The molecular weight excluding hydrogens is 231 g/mol. The lowest BCUT2D eigenvalue weighted by Gasteiger charge is -2.31. The second kappa shape index (κ2) is 6.25. The lowest BCUT2D eigenvalue weighted by Crippen LogP contribution is -2.43. The van der Waals surface area contributed by atoms with E-state index in [2.05, 4.69) is 17.2 Å². The first kappa shape index (κ1) is 13.4. The molecule has 0 aromatic carbocycles. The highest BCUT2D eigenvalue weighted by Gasteiger charge is 2.25. The molecule has 1 saturated carbocycles. The molecule has 2 rings (SSSR count). The van der Waals surface area contributed by atoms with Crippen LogP contribution in [0.25, 0.3) is 0 Å². The molecule has 2 N–H and O–H groups in total. The van der Waals surface area contributed by atoms with Crippen LogP contribution in [-0.2, 0) is 0 Å². The predicted molar refractivity (Wildman–Crippen MR) is 68.6 cm³/mol. The minimum atomic E-state index is -0.314. The fraction of sp³-hybridized carbons (Fsp3) is 0.643. The molecule has 18 heavy (non-hydrogen) atoms. The molecule has 0 saturated heterocycles. The summed E-state index contributed by atoms with van der Waals surface area (Å²) in [4.78, 5) is 4.12. The van der Waals surface area contributed by atoms with Crippen molar-refractivity contribution >= 4 is 0 Å². The summed E-state index contributed by atoms with van der Waals surface area (Å²) in [6.07, 6.45) is 5.98. The second-order valence-electron chi connectivity index (χ2n) is 4.99. The summed E-state index contributed by atoms with van der Waals surface area (Å²) in [5, 5.41) is 13.4. The van der Waals surface area contributed by atoms with Gasteiger partial charge in [0.2, 0.25) is 0 Å². The summed E-state index contributed by atoms with van der Waals surface area (Å²) in [5.74, 6) is -0.314. The van der Waals surface area contributed by atoms with Crippen LogP contribution in [0.2, 0.25) is 0 Å². The van der Waals surface area contributed by atoms with E-state index in [1.165, 1.54) is 12.3 Å². The highest BCUT2D eigenvalue weighted by Crippen LogP contribution is 2.23. The van der Waals surface area contributed by atoms with Crippen molar-refractivity contribution in [2.24, 2.45) is 0 Å². The van der Waals surface area contributed by atoms with E-state index in [0.717, 1.165) is 37.8 Å². The van der Waals surface area contributed by atoms with Gasteiger partial charge in [0.15, 0.2) is 0 Å². The van der Waals surface area contributed by atoms with E-state index in [1.807, 2.05) is 0 Å². The van der Waals surface area contributed by atoms with Gasteiger partial charge in [-0.25, -0.2) is 4.39 Å². The molecule has 1 aliphatic carbocycles. The summed E-state index contributed by atoms with van der Waals surface area (Å²) in [7, 11) is 0. The SMILES string of the molecule is CCC(NC1CCCCC1O)c1ccc(F)cn1. The van der Waals surface area contributed by atoms with Crippen LogP contribution in [0.3, 0.4) is 0 Å². The van der Waals surface area contributed by atoms with Crippen LogP contribution in [0, 0.1) is 5.82 Å². The average Bonchev–Trinajstić information content (AvgIpc) is 2.39. The molecule has 1 fully saturated rings. The van der Waals surface area contributed by atoms with Crippen LogP contribution >= 0.6 is 0 Å². The molecular formula is C14H21FN2O. The van der Waals surface area contributed by atoms with Crippen LogP contribution < -0.4 is 5.32 Å². The Morgan fingerprint density at radius 2 is 2.22 bits per heavy atom. The average molecular weight is 252 g/mol. The van der Waals surface area contributed by atoms with E-state index in [9.17, 15) is 9.50 Å². The van der Waals surface area contributed by atoms with Crippen molar-refractivity contribution in [2.45, 2.75) is 57.2 Å². The monoisotopic (exact) mass is 252 g/mol. The Hall–Kier alpha value is -1.00. The molecule has 1 aliphatic rings. The van der Waals surface area contributed by atoms with E-state index in [0.29, 0.717) is 0 Å². The maximum atomic E-state index is 12.9. The van der Waals surface area contributed by atoms with E-state index < -0.39 is 0 Å². The Bertz CT molecular complexity index is 369. The molecule has 0 spiro atoms. The Morgan fingerprint density at radius 1 is 1.44 bits per heavy atom. The van der Waals surface area contributed by atoms with Gasteiger partial charge in [-0.1, -0.05) is 19.8 Å². The quantitative estimate of drug-likeness (QED) is 0.865. The van der Waals surface area contributed by atoms with E-state index in [1.54, 1.807) is 6.07 Å². The van der Waals surface area contributed by atoms with Crippen molar-refractivity contribution < 1.29 is 9.50 Å². The maximum Gasteiger partial charge on any atom is 0.141 e. The van der Waals surface area contributed by atoms with Crippen LogP contribution in [-0.4, -0.2) is 22.2 Å². The lowest BCUT2D eigenvalue weighted by atomic mass is 9.91. The molecule has 100 valence electrons. The number of aliphatic hydroxyl groups is 1. The first-order chi connectivity index (χ1) is 8.70. The number of pyridine rings is 1. The number of halogens is 1. The molecule has 0 bridgehead atoms. The standard InChI is InChI=1S/C14H21FN2O/c1-2-11(12-8-7-10(15)9-16-12)17-13-5-3-4-6-14(13)18/h7-9,11,13-14,17-18H,2-6H2,1H3. The number of hydrogen-bond acceptors (Lipinski definition) is 3. The van der Waals surface area contributed by atoms with Crippen molar-refractivity contribution in [3.63, 3.8) is 0 Å². The zero-order valence-corrected chi connectivity index (χ0v) is 10.8. The third-order valence-corrected chi connectivity index (χ3v) is 3.66. The van der Waals surface area contributed by atoms with Gasteiger partial charge in [-0.05, 0) is 31.4 Å². The third kappa shape index (κ3) is 3.27. The summed E-state index contributed by atoms with van der Waals surface area (Å²) < 4.78 is 12.9. The van der Waals surface area contributed by atoms with Gasteiger partial charge in [-0.3, -0.25) is 4.98 Å². The predicted octanol–water partition coefficient (Wildman–Crippen LogP) is 2.56. The minimum absolute atomic E-state index is 0.0864. The van der Waals surface area contributed by atoms with Crippen LogP contribution in [0.1, 0.15) is 50.8 Å².